The number of nitrogens with zero attached hydrogens (tertiary/aromatic N) is 3. The zero-order chi connectivity index (χ0) is 21.7. The molecule has 1 aliphatic rings. The number of methoxy groups -OCH3 is 1. The van der Waals surface area contributed by atoms with Gasteiger partial charge in [0, 0.05) is 22.6 Å². The van der Waals surface area contributed by atoms with Gasteiger partial charge in [-0.25, -0.2) is 9.97 Å². The molecule has 0 spiro atoms. The summed E-state index contributed by atoms with van der Waals surface area (Å²) >= 11 is 0. The Morgan fingerprint density at radius 3 is 2.66 bits per heavy atom. The fourth-order valence-corrected chi connectivity index (χ4v) is 4.26. The first-order chi connectivity index (χ1) is 15.7. The molecule has 0 bridgehead atoms. The van der Waals surface area contributed by atoms with Crippen molar-refractivity contribution in [1.29, 1.82) is 0 Å². The van der Waals surface area contributed by atoms with Gasteiger partial charge in [-0.05, 0) is 48.7 Å². The first-order valence-corrected chi connectivity index (χ1v) is 10.3. The van der Waals surface area contributed by atoms with Gasteiger partial charge in [-0.3, -0.25) is 5.10 Å². The van der Waals surface area contributed by atoms with Gasteiger partial charge in [0.25, 0.3) is 0 Å². The molecule has 1 atom stereocenters. The molecule has 32 heavy (non-hydrogen) atoms. The Morgan fingerprint density at radius 2 is 1.84 bits per heavy atom. The molecule has 0 radical (unpaired) electrons. The number of ether oxygens (including phenoxy) is 2. The summed E-state index contributed by atoms with van der Waals surface area (Å²) in [5.41, 5.74) is 5.74. The van der Waals surface area contributed by atoms with E-state index in [9.17, 15) is 0 Å². The van der Waals surface area contributed by atoms with Crippen molar-refractivity contribution < 1.29 is 9.47 Å². The summed E-state index contributed by atoms with van der Waals surface area (Å²) in [6.07, 6.45) is 1.50. The maximum absolute atomic E-state index is 6.07. The minimum absolute atomic E-state index is 0.179. The van der Waals surface area contributed by atoms with Crippen molar-refractivity contribution in [2.75, 3.05) is 12.4 Å². The Morgan fingerprint density at radius 1 is 1.00 bits per heavy atom. The number of rotatable bonds is 4. The first kappa shape index (κ1) is 18.4. The van der Waals surface area contributed by atoms with Crippen LogP contribution in [-0.4, -0.2) is 32.3 Å². The molecule has 0 amide bonds. The lowest BCUT2D eigenvalue weighted by Gasteiger charge is -2.26. The number of hydrogen-bond acceptors (Lipinski definition) is 6. The highest BCUT2D eigenvalue weighted by atomic mass is 16.5. The van der Waals surface area contributed by atoms with Crippen LogP contribution in [0.5, 0.6) is 17.5 Å². The number of benzene rings is 2. The topological polar surface area (TPSA) is 101 Å². The van der Waals surface area contributed by atoms with Gasteiger partial charge in [0.2, 0.25) is 11.8 Å². The smallest absolute Gasteiger partial charge is 0.244 e. The molecule has 0 fully saturated rings. The van der Waals surface area contributed by atoms with Gasteiger partial charge in [0.1, 0.15) is 17.9 Å². The van der Waals surface area contributed by atoms with Crippen LogP contribution in [0.25, 0.3) is 10.9 Å². The predicted molar refractivity (Wildman–Crippen MR) is 121 cm³/mol. The minimum Gasteiger partial charge on any atom is -0.497 e. The Bertz CT molecular complexity index is 1400. The van der Waals surface area contributed by atoms with Gasteiger partial charge in [-0.15, -0.1) is 5.10 Å². The summed E-state index contributed by atoms with van der Waals surface area (Å²) in [5.74, 6) is 2.31. The summed E-state index contributed by atoms with van der Waals surface area (Å²) in [6, 6.07) is 18.1. The molecular weight excluding hydrogens is 404 g/mol. The van der Waals surface area contributed by atoms with E-state index in [2.05, 4.69) is 48.7 Å². The molecule has 0 aliphatic carbocycles. The largest absolute Gasteiger partial charge is 0.497 e. The van der Waals surface area contributed by atoms with E-state index in [-0.39, 0.29) is 5.92 Å². The number of fused-ring (bicyclic) bond motifs is 3. The molecule has 3 aromatic heterocycles. The van der Waals surface area contributed by atoms with Gasteiger partial charge in [0.05, 0.1) is 24.2 Å². The Balaban J connectivity index is 1.52. The van der Waals surface area contributed by atoms with Crippen LogP contribution in [0.3, 0.4) is 0 Å². The second kappa shape index (κ2) is 7.12. The number of anilines is 2. The highest BCUT2D eigenvalue weighted by molar-refractivity contribution is 5.81. The van der Waals surface area contributed by atoms with Crippen molar-refractivity contribution >= 4 is 22.4 Å². The average Bonchev–Trinajstić information content (AvgIpc) is 3.42. The molecule has 8 nitrogen and oxygen atoms in total. The third-order valence-electron chi connectivity index (χ3n) is 5.79. The summed E-state index contributed by atoms with van der Waals surface area (Å²) in [7, 11) is 1.65. The molecule has 4 heterocycles. The van der Waals surface area contributed by atoms with E-state index in [1.165, 1.54) is 6.33 Å². The van der Waals surface area contributed by atoms with E-state index in [4.69, 9.17) is 9.47 Å². The maximum Gasteiger partial charge on any atom is 0.244 e. The Kier molecular flexibility index (Phi) is 4.10. The van der Waals surface area contributed by atoms with Crippen LogP contribution in [0, 0.1) is 6.92 Å². The van der Waals surface area contributed by atoms with Crippen LogP contribution in [-0.2, 0) is 0 Å². The maximum atomic E-state index is 6.07. The van der Waals surface area contributed by atoms with Crippen LogP contribution in [0.15, 0.2) is 60.9 Å². The SMILES string of the molecule is COc1ccc(Nc2ncnc3c2C(c2cc4ccccc4[nH]2)c2c(n[nH]c2C)O3)cc1. The van der Waals surface area contributed by atoms with Gasteiger partial charge in [0.15, 0.2) is 0 Å². The number of para-hydroxylation sites is 1. The Labute approximate surface area is 183 Å². The molecule has 1 aliphatic heterocycles. The first-order valence-electron chi connectivity index (χ1n) is 10.3. The molecule has 0 saturated heterocycles. The normalized spacial score (nSPS) is 14.5. The van der Waals surface area contributed by atoms with Crippen LogP contribution in [0.2, 0.25) is 0 Å². The van der Waals surface area contributed by atoms with Crippen molar-refractivity contribution in [1.82, 2.24) is 25.1 Å². The van der Waals surface area contributed by atoms with Crippen molar-refractivity contribution in [3.63, 3.8) is 0 Å². The van der Waals surface area contributed by atoms with Crippen molar-refractivity contribution in [2.24, 2.45) is 0 Å². The number of aromatic nitrogens is 5. The zero-order valence-corrected chi connectivity index (χ0v) is 17.5. The molecule has 6 rings (SSSR count). The summed E-state index contributed by atoms with van der Waals surface area (Å²) < 4.78 is 11.3. The summed E-state index contributed by atoms with van der Waals surface area (Å²) in [6.45, 7) is 2.00. The molecular formula is C24H20N6O2. The molecule has 3 N–H and O–H groups in total. The second-order valence-electron chi connectivity index (χ2n) is 7.71. The standard InChI is InChI=1S/C24H20N6O2/c1-13-19-20(18-11-14-5-3-4-6-17(14)28-18)21-22(27-15-7-9-16(31-2)10-8-15)25-12-26-23(21)32-24(19)30-29-13/h3-12,20,28H,1-2H3,(H,29,30)(H,25,26,27). The lowest BCUT2D eigenvalue weighted by atomic mass is 9.87. The van der Waals surface area contributed by atoms with Crippen LogP contribution >= 0.6 is 0 Å². The van der Waals surface area contributed by atoms with Gasteiger partial charge in [-0.2, -0.15) is 0 Å². The fourth-order valence-electron chi connectivity index (χ4n) is 4.26. The zero-order valence-electron chi connectivity index (χ0n) is 17.5. The van der Waals surface area contributed by atoms with Crippen molar-refractivity contribution in [3.8, 4) is 17.5 Å². The number of H-pyrrole nitrogens is 2. The molecule has 1 unspecified atom stereocenters. The molecule has 5 aromatic rings. The van der Waals surface area contributed by atoms with E-state index < -0.39 is 0 Å². The molecule has 0 saturated carbocycles. The van der Waals surface area contributed by atoms with Gasteiger partial charge >= 0.3 is 0 Å². The molecule has 2 aromatic carbocycles. The third-order valence-corrected chi connectivity index (χ3v) is 5.79. The van der Waals surface area contributed by atoms with E-state index in [0.717, 1.165) is 44.9 Å². The van der Waals surface area contributed by atoms with Crippen LogP contribution < -0.4 is 14.8 Å². The number of aryl methyl sites for hydroxylation is 1. The minimum atomic E-state index is -0.179. The van der Waals surface area contributed by atoms with Gasteiger partial charge < -0.3 is 19.8 Å². The molecule has 8 heteroatoms. The van der Waals surface area contributed by atoms with E-state index in [1.54, 1.807) is 7.11 Å². The Hall–Kier alpha value is -4.33. The summed E-state index contributed by atoms with van der Waals surface area (Å²) in [5, 5.41) is 12.0. The lowest BCUT2D eigenvalue weighted by molar-refractivity contribution is 0.414. The van der Waals surface area contributed by atoms with E-state index in [1.807, 2.05) is 43.3 Å². The quantitative estimate of drug-likeness (QED) is 0.367. The number of aromatic amines is 2. The van der Waals surface area contributed by atoms with Crippen molar-refractivity contribution in [2.45, 2.75) is 12.8 Å². The van der Waals surface area contributed by atoms with Crippen molar-refractivity contribution in [3.05, 3.63) is 83.4 Å². The number of hydrogen-bond donors (Lipinski definition) is 3. The van der Waals surface area contributed by atoms with E-state index in [0.29, 0.717) is 17.6 Å². The number of nitrogens with one attached hydrogen (secondary N) is 3. The van der Waals surface area contributed by atoms with Gasteiger partial charge in [-0.1, -0.05) is 18.2 Å². The highest BCUT2D eigenvalue weighted by Gasteiger charge is 2.37. The molecule has 158 valence electrons. The van der Waals surface area contributed by atoms with Crippen LogP contribution in [0.1, 0.15) is 28.4 Å². The fraction of sp³-hybridized carbons (Fsp3) is 0.125. The summed E-state index contributed by atoms with van der Waals surface area (Å²) in [4.78, 5) is 12.6. The lowest BCUT2D eigenvalue weighted by Crippen LogP contribution is -2.16. The van der Waals surface area contributed by atoms with E-state index >= 15 is 0 Å². The van der Waals surface area contributed by atoms with Crippen LogP contribution in [0.4, 0.5) is 11.5 Å². The monoisotopic (exact) mass is 424 g/mol. The highest BCUT2D eigenvalue weighted by Crippen LogP contribution is 2.49. The predicted octanol–water partition coefficient (Wildman–Crippen LogP) is 5.03. The second-order valence-corrected chi connectivity index (χ2v) is 7.71. The average molecular weight is 424 g/mol. The third kappa shape index (κ3) is 2.88.